The fourth-order valence-electron chi connectivity index (χ4n) is 4.07. The summed E-state index contributed by atoms with van der Waals surface area (Å²) in [7, 11) is 1.57. The standard InChI is InChI=1S/C33H32Cl2N4O4/c1-20(2)33(42)38-24-13-9-22(10-14-24)11-17-29(40)36-18-30(41)39(4)27-16-15-26(34)25(31(27)35)19-43-28-7-5-6-23-12-8-21(3)37-32(23)28/h5-17,20H,18-19H2,1-4H3,(H,36,40)(H,38,42). The van der Waals surface area contributed by atoms with Crippen molar-refractivity contribution in [2.45, 2.75) is 27.4 Å². The molecule has 0 fully saturated rings. The fourth-order valence-corrected chi connectivity index (χ4v) is 4.68. The largest absolute Gasteiger partial charge is 0.487 e. The number of anilines is 2. The van der Waals surface area contributed by atoms with Gasteiger partial charge in [0.05, 0.1) is 17.3 Å². The molecule has 0 saturated carbocycles. The van der Waals surface area contributed by atoms with Crippen LogP contribution in [-0.2, 0) is 21.0 Å². The van der Waals surface area contributed by atoms with Gasteiger partial charge in [0.1, 0.15) is 17.9 Å². The minimum Gasteiger partial charge on any atom is -0.487 e. The topological polar surface area (TPSA) is 101 Å². The second kappa shape index (κ2) is 14.2. The molecular formula is C33H32Cl2N4O4. The Morgan fingerprint density at radius 2 is 1.74 bits per heavy atom. The molecule has 0 radical (unpaired) electrons. The Labute approximate surface area is 260 Å². The van der Waals surface area contributed by atoms with E-state index < -0.39 is 5.91 Å². The van der Waals surface area contributed by atoms with Crippen LogP contribution in [0.3, 0.4) is 0 Å². The normalized spacial score (nSPS) is 11.1. The van der Waals surface area contributed by atoms with Gasteiger partial charge in [0.2, 0.25) is 17.7 Å². The van der Waals surface area contributed by atoms with Crippen LogP contribution in [0.15, 0.2) is 72.8 Å². The summed E-state index contributed by atoms with van der Waals surface area (Å²) in [6, 6.07) is 19.9. The first-order valence-electron chi connectivity index (χ1n) is 13.6. The number of nitrogens with one attached hydrogen (secondary N) is 2. The molecule has 0 unspecified atom stereocenters. The molecule has 0 aliphatic rings. The monoisotopic (exact) mass is 618 g/mol. The number of amides is 3. The highest BCUT2D eigenvalue weighted by molar-refractivity contribution is 6.38. The highest BCUT2D eigenvalue weighted by Crippen LogP contribution is 2.35. The molecule has 3 aromatic carbocycles. The number of fused-ring (bicyclic) bond motifs is 1. The average Bonchev–Trinajstić information content (AvgIpc) is 2.99. The fraction of sp³-hybridized carbons (Fsp3) is 0.212. The summed E-state index contributed by atoms with van der Waals surface area (Å²) in [5.74, 6) is -0.422. The number of aromatic nitrogens is 1. The highest BCUT2D eigenvalue weighted by Gasteiger charge is 2.19. The quantitative estimate of drug-likeness (QED) is 0.190. The average molecular weight is 620 g/mol. The Morgan fingerprint density at radius 3 is 2.47 bits per heavy atom. The van der Waals surface area contributed by atoms with Crippen molar-refractivity contribution in [1.82, 2.24) is 10.3 Å². The van der Waals surface area contributed by atoms with Crippen LogP contribution in [-0.4, -0.2) is 36.3 Å². The van der Waals surface area contributed by atoms with Crippen LogP contribution in [0.25, 0.3) is 17.0 Å². The van der Waals surface area contributed by atoms with Gasteiger partial charge in [-0.05, 0) is 55.0 Å². The summed E-state index contributed by atoms with van der Waals surface area (Å²) in [6.07, 6.45) is 2.95. The summed E-state index contributed by atoms with van der Waals surface area (Å²) in [5, 5.41) is 7.02. The molecule has 1 aromatic heterocycles. The molecule has 43 heavy (non-hydrogen) atoms. The van der Waals surface area contributed by atoms with Gasteiger partial charge >= 0.3 is 0 Å². The van der Waals surface area contributed by atoms with Crippen molar-refractivity contribution < 1.29 is 19.1 Å². The minimum atomic E-state index is -0.436. The van der Waals surface area contributed by atoms with Gasteiger partial charge in [-0.1, -0.05) is 67.4 Å². The number of rotatable bonds is 10. The number of likely N-dealkylation sites (N-methyl/N-ethyl adjacent to an activating group) is 1. The molecule has 0 spiro atoms. The minimum absolute atomic E-state index is 0.0644. The van der Waals surface area contributed by atoms with Gasteiger partial charge < -0.3 is 20.3 Å². The van der Waals surface area contributed by atoms with E-state index in [1.54, 1.807) is 49.5 Å². The summed E-state index contributed by atoms with van der Waals surface area (Å²) in [6.45, 7) is 5.36. The van der Waals surface area contributed by atoms with Gasteiger partial charge in [0.25, 0.3) is 0 Å². The maximum Gasteiger partial charge on any atom is 0.246 e. The Morgan fingerprint density at radius 1 is 1.00 bits per heavy atom. The second-order valence-corrected chi connectivity index (χ2v) is 11.0. The molecule has 2 N–H and O–H groups in total. The number of halogens is 2. The zero-order valence-corrected chi connectivity index (χ0v) is 25.8. The number of para-hydroxylation sites is 1. The molecule has 3 amide bonds. The van der Waals surface area contributed by atoms with Crippen molar-refractivity contribution in [1.29, 1.82) is 0 Å². The third-order valence-corrected chi connectivity index (χ3v) is 7.42. The van der Waals surface area contributed by atoms with Gasteiger partial charge in [0, 0.05) is 46.4 Å². The second-order valence-electron chi connectivity index (χ2n) is 10.2. The Bertz CT molecular complexity index is 1690. The van der Waals surface area contributed by atoms with Crippen LogP contribution in [0.1, 0.15) is 30.7 Å². The van der Waals surface area contributed by atoms with Crippen LogP contribution in [0.2, 0.25) is 10.0 Å². The summed E-state index contributed by atoms with van der Waals surface area (Å²) in [5.41, 5.74) is 3.98. The predicted octanol–water partition coefficient (Wildman–Crippen LogP) is 6.82. The smallest absolute Gasteiger partial charge is 0.246 e. The van der Waals surface area contributed by atoms with Crippen molar-refractivity contribution in [3.63, 3.8) is 0 Å². The zero-order valence-electron chi connectivity index (χ0n) is 24.3. The van der Waals surface area contributed by atoms with E-state index in [4.69, 9.17) is 27.9 Å². The number of carbonyl (C=O) groups excluding carboxylic acids is 3. The third kappa shape index (κ3) is 8.12. The lowest BCUT2D eigenvalue weighted by Crippen LogP contribution is -2.37. The lowest BCUT2D eigenvalue weighted by Gasteiger charge is -2.21. The van der Waals surface area contributed by atoms with Crippen LogP contribution >= 0.6 is 23.2 Å². The number of benzene rings is 3. The van der Waals surface area contributed by atoms with E-state index in [9.17, 15) is 14.4 Å². The highest BCUT2D eigenvalue weighted by atomic mass is 35.5. The Hall–Kier alpha value is -4.40. The number of nitrogens with zero attached hydrogens (tertiary/aromatic N) is 2. The summed E-state index contributed by atoms with van der Waals surface area (Å²) < 4.78 is 6.07. The molecule has 0 bridgehead atoms. The molecule has 8 nitrogen and oxygen atoms in total. The molecular weight excluding hydrogens is 587 g/mol. The first kappa shape index (κ1) is 31.5. The van der Waals surface area contributed by atoms with Gasteiger partial charge in [-0.2, -0.15) is 0 Å². The van der Waals surface area contributed by atoms with Crippen LogP contribution in [0.4, 0.5) is 11.4 Å². The maximum absolute atomic E-state index is 12.9. The van der Waals surface area contributed by atoms with Crippen molar-refractivity contribution in [2.24, 2.45) is 5.92 Å². The van der Waals surface area contributed by atoms with E-state index in [0.717, 1.165) is 22.2 Å². The molecule has 1 heterocycles. The van der Waals surface area contributed by atoms with Crippen molar-refractivity contribution in [3.8, 4) is 5.75 Å². The van der Waals surface area contributed by atoms with Crippen molar-refractivity contribution in [2.75, 3.05) is 23.8 Å². The first-order valence-corrected chi connectivity index (χ1v) is 14.4. The summed E-state index contributed by atoms with van der Waals surface area (Å²) >= 11 is 13.2. The van der Waals surface area contributed by atoms with Crippen molar-refractivity contribution >= 4 is 69.3 Å². The van der Waals surface area contributed by atoms with Gasteiger partial charge in [-0.25, -0.2) is 4.98 Å². The SMILES string of the molecule is Cc1ccc2cccc(OCc3c(Cl)ccc(N(C)C(=O)CNC(=O)C=Cc4ccc(NC(=O)C(C)C)cc4)c3Cl)c2n1. The maximum atomic E-state index is 12.9. The predicted molar refractivity (Wildman–Crippen MR) is 173 cm³/mol. The number of hydrogen-bond acceptors (Lipinski definition) is 5. The number of carbonyl (C=O) groups is 3. The zero-order chi connectivity index (χ0) is 31.1. The molecule has 0 aliphatic heterocycles. The molecule has 0 atom stereocenters. The number of ether oxygens (including phenoxy) is 1. The number of pyridine rings is 1. The van der Waals surface area contributed by atoms with Crippen LogP contribution in [0.5, 0.6) is 5.75 Å². The van der Waals surface area contributed by atoms with Crippen LogP contribution < -0.4 is 20.3 Å². The van der Waals surface area contributed by atoms with E-state index >= 15 is 0 Å². The molecule has 222 valence electrons. The Kier molecular flexibility index (Phi) is 10.4. The van der Waals surface area contributed by atoms with E-state index in [-0.39, 0.29) is 35.9 Å². The Balaban J connectivity index is 1.36. The van der Waals surface area contributed by atoms with Gasteiger partial charge in [0.15, 0.2) is 0 Å². The van der Waals surface area contributed by atoms with Gasteiger partial charge in [-0.15, -0.1) is 0 Å². The van der Waals surface area contributed by atoms with E-state index in [1.165, 1.54) is 11.0 Å². The number of hydrogen-bond donors (Lipinski definition) is 2. The van der Waals surface area contributed by atoms with Crippen LogP contribution in [0, 0.1) is 12.8 Å². The molecule has 4 aromatic rings. The van der Waals surface area contributed by atoms with E-state index in [0.29, 0.717) is 27.7 Å². The molecule has 0 aliphatic carbocycles. The molecule has 0 saturated heterocycles. The lowest BCUT2D eigenvalue weighted by molar-refractivity contribution is -0.122. The third-order valence-electron chi connectivity index (χ3n) is 6.64. The van der Waals surface area contributed by atoms with Gasteiger partial charge in [-0.3, -0.25) is 14.4 Å². The first-order chi connectivity index (χ1) is 20.5. The number of aryl methyl sites for hydroxylation is 1. The van der Waals surface area contributed by atoms with E-state index in [1.807, 2.05) is 51.1 Å². The van der Waals surface area contributed by atoms with Crippen molar-refractivity contribution in [3.05, 3.63) is 99.7 Å². The molecule has 4 rings (SSSR count). The lowest BCUT2D eigenvalue weighted by atomic mass is 10.1. The van der Waals surface area contributed by atoms with E-state index in [2.05, 4.69) is 15.6 Å². The summed E-state index contributed by atoms with van der Waals surface area (Å²) in [4.78, 5) is 43.1. The molecule has 10 heteroatoms.